The van der Waals surface area contributed by atoms with Crippen molar-refractivity contribution in [2.45, 2.75) is 32.3 Å². The fourth-order valence-electron chi connectivity index (χ4n) is 3.58. The molecule has 1 atom stereocenters. The highest BCUT2D eigenvalue weighted by atomic mass is 35.5. The Morgan fingerprint density at radius 2 is 1.69 bits per heavy atom. The van der Waals surface area contributed by atoms with Gasteiger partial charge in [-0.05, 0) is 42.7 Å². The average molecular weight is 369 g/mol. The zero-order valence-electron chi connectivity index (χ0n) is 14.5. The summed E-state index contributed by atoms with van der Waals surface area (Å²) in [4.78, 5) is 32.7. The van der Waals surface area contributed by atoms with Crippen molar-refractivity contribution in [3.63, 3.8) is 0 Å². The van der Waals surface area contributed by atoms with Gasteiger partial charge in [0.25, 0.3) is 5.91 Å². The van der Waals surface area contributed by atoms with Crippen LogP contribution < -0.4 is 4.90 Å². The van der Waals surface area contributed by atoms with Crippen LogP contribution in [0.4, 0.5) is 5.69 Å². The molecule has 0 bridgehead atoms. The highest BCUT2D eigenvalue weighted by Gasteiger charge is 2.58. The Balaban J connectivity index is 1.65. The summed E-state index contributed by atoms with van der Waals surface area (Å²) in [5.74, 6) is -0.618. The van der Waals surface area contributed by atoms with Crippen LogP contribution in [-0.4, -0.2) is 23.1 Å². The van der Waals surface area contributed by atoms with E-state index in [1.54, 1.807) is 12.1 Å². The molecule has 2 aliphatic heterocycles. The molecular formula is C20H17ClN2O3. The fraction of sp³-hybridized carbons (Fsp3) is 0.250. The van der Waals surface area contributed by atoms with E-state index in [9.17, 15) is 9.59 Å². The molecule has 1 saturated heterocycles. The largest absolute Gasteiger partial charge is 0.378 e. The van der Waals surface area contributed by atoms with Gasteiger partial charge in [0.05, 0.1) is 17.8 Å². The van der Waals surface area contributed by atoms with Crippen molar-refractivity contribution in [1.82, 2.24) is 0 Å². The molecule has 1 fully saturated rings. The van der Waals surface area contributed by atoms with Crippen LogP contribution in [0.3, 0.4) is 0 Å². The number of carbonyl (C=O) groups excluding carboxylic acids is 2. The number of rotatable bonds is 2. The summed E-state index contributed by atoms with van der Waals surface area (Å²) in [5.41, 5.74) is 2.62. The Hall–Kier alpha value is -2.66. The number of imide groups is 1. The van der Waals surface area contributed by atoms with Crippen LogP contribution in [-0.2, 0) is 14.4 Å². The Morgan fingerprint density at radius 1 is 1.04 bits per heavy atom. The van der Waals surface area contributed by atoms with Crippen molar-refractivity contribution in [2.24, 2.45) is 5.16 Å². The van der Waals surface area contributed by atoms with E-state index >= 15 is 0 Å². The molecule has 2 aromatic carbocycles. The molecule has 0 saturated carbocycles. The lowest BCUT2D eigenvalue weighted by Crippen LogP contribution is -2.41. The van der Waals surface area contributed by atoms with Gasteiger partial charge in [-0.2, -0.15) is 0 Å². The second kappa shape index (κ2) is 5.95. The highest BCUT2D eigenvalue weighted by Crippen LogP contribution is 2.41. The number of halogens is 1. The van der Waals surface area contributed by atoms with Crippen molar-refractivity contribution in [2.75, 3.05) is 4.90 Å². The van der Waals surface area contributed by atoms with Gasteiger partial charge < -0.3 is 4.84 Å². The molecule has 4 rings (SSSR count). The Morgan fingerprint density at radius 3 is 2.35 bits per heavy atom. The summed E-state index contributed by atoms with van der Waals surface area (Å²) in [5, 5.41) is 4.72. The van der Waals surface area contributed by atoms with Crippen molar-refractivity contribution in [1.29, 1.82) is 0 Å². The van der Waals surface area contributed by atoms with Gasteiger partial charge in [-0.15, -0.1) is 0 Å². The van der Waals surface area contributed by atoms with E-state index in [2.05, 4.69) is 5.16 Å². The molecule has 0 aromatic heterocycles. The molecule has 26 heavy (non-hydrogen) atoms. The van der Waals surface area contributed by atoms with E-state index in [4.69, 9.17) is 16.4 Å². The number of aryl methyl sites for hydroxylation is 2. The standard InChI is InChI=1S/C20H17ClN2O3/c1-12-4-3-5-13(2)18(12)23-17(24)11-20(19(23)25)10-16(22-26-20)14-6-8-15(21)9-7-14/h3-9H,10-11H2,1-2H3/t20-/m1/s1. The van der Waals surface area contributed by atoms with Crippen molar-refractivity contribution < 1.29 is 14.4 Å². The second-order valence-electron chi connectivity index (χ2n) is 6.76. The summed E-state index contributed by atoms with van der Waals surface area (Å²) in [6, 6.07) is 12.9. The minimum Gasteiger partial charge on any atom is -0.378 e. The SMILES string of the molecule is Cc1cccc(C)c1N1C(=O)C[C@]2(CC(c3ccc(Cl)cc3)=NO2)C1=O. The van der Waals surface area contributed by atoms with Gasteiger partial charge in [-0.1, -0.05) is 47.1 Å². The van der Waals surface area contributed by atoms with Gasteiger partial charge in [0.15, 0.2) is 0 Å². The zero-order valence-corrected chi connectivity index (χ0v) is 15.2. The first kappa shape index (κ1) is 16.8. The first-order valence-corrected chi connectivity index (χ1v) is 8.74. The van der Waals surface area contributed by atoms with Crippen LogP contribution in [0.1, 0.15) is 29.5 Å². The maximum atomic E-state index is 13.2. The molecule has 0 radical (unpaired) electrons. The molecule has 0 unspecified atom stereocenters. The summed E-state index contributed by atoms with van der Waals surface area (Å²) in [6.45, 7) is 3.78. The number of para-hydroxylation sites is 1. The predicted octanol–water partition coefficient (Wildman–Crippen LogP) is 3.78. The molecule has 0 aliphatic carbocycles. The third-order valence-electron chi connectivity index (χ3n) is 4.90. The van der Waals surface area contributed by atoms with Gasteiger partial charge in [0, 0.05) is 11.4 Å². The summed E-state index contributed by atoms with van der Waals surface area (Å²) < 4.78 is 0. The molecular weight excluding hydrogens is 352 g/mol. The zero-order chi connectivity index (χ0) is 18.5. The average Bonchev–Trinajstić information content (AvgIpc) is 3.12. The number of carbonyl (C=O) groups is 2. The van der Waals surface area contributed by atoms with Crippen molar-refractivity contribution in [3.05, 3.63) is 64.2 Å². The summed E-state index contributed by atoms with van der Waals surface area (Å²) >= 11 is 5.92. The van der Waals surface area contributed by atoms with E-state index < -0.39 is 5.60 Å². The number of hydrogen-bond acceptors (Lipinski definition) is 4. The maximum Gasteiger partial charge on any atom is 0.281 e. The Kier molecular flexibility index (Phi) is 3.84. The first-order valence-electron chi connectivity index (χ1n) is 8.36. The van der Waals surface area contributed by atoms with Crippen LogP contribution in [0.25, 0.3) is 0 Å². The van der Waals surface area contributed by atoms with Crippen LogP contribution in [0.2, 0.25) is 5.02 Å². The smallest absolute Gasteiger partial charge is 0.281 e. The normalized spacial score (nSPS) is 22.1. The third kappa shape index (κ3) is 2.51. The molecule has 6 heteroatoms. The Bertz CT molecular complexity index is 932. The van der Waals surface area contributed by atoms with E-state index in [-0.39, 0.29) is 24.7 Å². The topological polar surface area (TPSA) is 59.0 Å². The molecule has 5 nitrogen and oxygen atoms in total. The van der Waals surface area contributed by atoms with Crippen molar-refractivity contribution >= 4 is 34.8 Å². The number of hydrogen-bond donors (Lipinski definition) is 0. The molecule has 2 aromatic rings. The number of oxime groups is 1. The minimum atomic E-state index is -1.25. The van der Waals surface area contributed by atoms with Gasteiger partial charge in [-0.25, -0.2) is 4.90 Å². The molecule has 2 aliphatic rings. The van der Waals surface area contributed by atoms with E-state index in [0.717, 1.165) is 16.7 Å². The quantitative estimate of drug-likeness (QED) is 0.758. The summed E-state index contributed by atoms with van der Waals surface area (Å²) in [7, 11) is 0. The molecule has 1 spiro atoms. The lowest BCUT2D eigenvalue weighted by atomic mass is 9.92. The first-order chi connectivity index (χ1) is 12.4. The van der Waals surface area contributed by atoms with Crippen LogP contribution in [0, 0.1) is 13.8 Å². The number of benzene rings is 2. The molecule has 0 N–H and O–H groups in total. The number of amides is 2. The van der Waals surface area contributed by atoms with Gasteiger partial charge in [-0.3, -0.25) is 9.59 Å². The fourth-order valence-corrected chi connectivity index (χ4v) is 3.71. The maximum absolute atomic E-state index is 13.2. The monoisotopic (exact) mass is 368 g/mol. The Labute approximate surface area is 156 Å². The van der Waals surface area contributed by atoms with Gasteiger partial charge >= 0.3 is 0 Å². The second-order valence-corrected chi connectivity index (χ2v) is 7.20. The lowest BCUT2D eigenvalue weighted by Gasteiger charge is -2.22. The van der Waals surface area contributed by atoms with E-state index in [1.165, 1.54) is 4.90 Å². The molecule has 2 amide bonds. The predicted molar refractivity (Wildman–Crippen MR) is 99.4 cm³/mol. The highest BCUT2D eigenvalue weighted by molar-refractivity contribution is 6.30. The lowest BCUT2D eigenvalue weighted by molar-refractivity contribution is -0.136. The third-order valence-corrected chi connectivity index (χ3v) is 5.16. The van der Waals surface area contributed by atoms with E-state index in [1.807, 2.05) is 44.2 Å². The van der Waals surface area contributed by atoms with Crippen molar-refractivity contribution in [3.8, 4) is 0 Å². The van der Waals surface area contributed by atoms with Gasteiger partial charge in [0.2, 0.25) is 11.5 Å². The van der Waals surface area contributed by atoms with Crippen LogP contribution >= 0.6 is 11.6 Å². The molecule has 132 valence electrons. The minimum absolute atomic E-state index is 0.0137. The number of nitrogens with zero attached hydrogens (tertiary/aromatic N) is 2. The van der Waals surface area contributed by atoms with Gasteiger partial charge in [0.1, 0.15) is 0 Å². The van der Waals surface area contributed by atoms with Crippen LogP contribution in [0.15, 0.2) is 47.6 Å². The molecule has 2 heterocycles. The number of anilines is 1. The van der Waals surface area contributed by atoms with E-state index in [0.29, 0.717) is 16.4 Å². The summed E-state index contributed by atoms with van der Waals surface area (Å²) in [6.07, 6.45) is 0.251. The van der Waals surface area contributed by atoms with Crippen LogP contribution in [0.5, 0.6) is 0 Å².